The fourth-order valence-electron chi connectivity index (χ4n) is 2.96. The van der Waals surface area contributed by atoms with E-state index in [2.05, 4.69) is 15.0 Å². The summed E-state index contributed by atoms with van der Waals surface area (Å²) in [7, 11) is 0. The SMILES string of the molecule is O=C(CCn1ccc(=O)[nH]c1=O)N1C[C@@H](Cc2cnccn2)[C@H](O)C1. The van der Waals surface area contributed by atoms with E-state index in [4.69, 9.17) is 0 Å². The third-order valence-corrected chi connectivity index (χ3v) is 4.31. The van der Waals surface area contributed by atoms with E-state index in [9.17, 15) is 19.5 Å². The molecule has 2 N–H and O–H groups in total. The van der Waals surface area contributed by atoms with Gasteiger partial charge in [0.15, 0.2) is 0 Å². The zero-order chi connectivity index (χ0) is 17.8. The maximum atomic E-state index is 12.3. The van der Waals surface area contributed by atoms with Crippen molar-refractivity contribution in [3.05, 3.63) is 57.4 Å². The van der Waals surface area contributed by atoms with Gasteiger partial charge in [0.2, 0.25) is 5.91 Å². The van der Waals surface area contributed by atoms with E-state index in [1.165, 1.54) is 16.8 Å². The van der Waals surface area contributed by atoms with E-state index in [-0.39, 0.29) is 31.3 Å². The first kappa shape index (κ1) is 17.0. The molecule has 0 aromatic carbocycles. The normalized spacial score (nSPS) is 20.0. The average Bonchev–Trinajstić information content (AvgIpc) is 2.95. The van der Waals surface area contributed by atoms with Gasteiger partial charge in [-0.2, -0.15) is 0 Å². The number of aromatic amines is 1. The van der Waals surface area contributed by atoms with Crippen molar-refractivity contribution in [2.24, 2.45) is 5.92 Å². The summed E-state index contributed by atoms with van der Waals surface area (Å²) in [5.41, 5.74) is -0.231. The number of amides is 1. The maximum Gasteiger partial charge on any atom is 0.328 e. The number of nitrogens with one attached hydrogen (secondary N) is 1. The summed E-state index contributed by atoms with van der Waals surface area (Å²) in [5, 5.41) is 10.2. The van der Waals surface area contributed by atoms with Gasteiger partial charge in [-0.3, -0.25) is 24.5 Å². The highest BCUT2D eigenvalue weighted by Crippen LogP contribution is 2.21. The molecule has 0 spiro atoms. The Morgan fingerprint density at radius 1 is 1.32 bits per heavy atom. The smallest absolute Gasteiger partial charge is 0.328 e. The number of carbonyl (C=O) groups excluding carboxylic acids is 1. The Labute approximate surface area is 143 Å². The first-order chi connectivity index (χ1) is 12.0. The number of aliphatic hydroxyl groups is 1. The number of hydrogen-bond acceptors (Lipinski definition) is 6. The Morgan fingerprint density at radius 3 is 2.88 bits per heavy atom. The minimum Gasteiger partial charge on any atom is -0.391 e. The molecule has 1 amide bonds. The molecule has 2 aromatic heterocycles. The molecule has 25 heavy (non-hydrogen) atoms. The third-order valence-electron chi connectivity index (χ3n) is 4.31. The highest BCUT2D eigenvalue weighted by Gasteiger charge is 2.34. The molecule has 1 fully saturated rings. The average molecular weight is 345 g/mol. The lowest BCUT2D eigenvalue weighted by Crippen LogP contribution is -2.33. The monoisotopic (exact) mass is 345 g/mol. The second-order valence-corrected chi connectivity index (χ2v) is 6.08. The Hall–Kier alpha value is -2.81. The highest BCUT2D eigenvalue weighted by molar-refractivity contribution is 5.76. The van der Waals surface area contributed by atoms with Crippen molar-refractivity contribution in [2.45, 2.75) is 25.5 Å². The summed E-state index contributed by atoms with van der Waals surface area (Å²) < 4.78 is 1.28. The summed E-state index contributed by atoms with van der Waals surface area (Å²) in [4.78, 5) is 46.9. The van der Waals surface area contributed by atoms with Gasteiger partial charge in [0, 0.05) is 62.8 Å². The maximum absolute atomic E-state index is 12.3. The van der Waals surface area contributed by atoms with Crippen molar-refractivity contribution in [1.82, 2.24) is 24.4 Å². The first-order valence-electron chi connectivity index (χ1n) is 8.03. The van der Waals surface area contributed by atoms with Crippen molar-refractivity contribution in [3.63, 3.8) is 0 Å². The van der Waals surface area contributed by atoms with Crippen molar-refractivity contribution in [2.75, 3.05) is 13.1 Å². The number of nitrogens with zero attached hydrogens (tertiary/aromatic N) is 4. The largest absolute Gasteiger partial charge is 0.391 e. The van der Waals surface area contributed by atoms with Crippen molar-refractivity contribution < 1.29 is 9.90 Å². The van der Waals surface area contributed by atoms with Crippen LogP contribution in [0.2, 0.25) is 0 Å². The predicted octanol–water partition coefficient (Wildman–Crippen LogP) is -1.22. The van der Waals surface area contributed by atoms with Gasteiger partial charge in [-0.15, -0.1) is 0 Å². The Balaban J connectivity index is 1.56. The molecular weight excluding hydrogens is 326 g/mol. The van der Waals surface area contributed by atoms with E-state index in [0.29, 0.717) is 13.0 Å². The number of rotatable bonds is 5. The molecule has 0 saturated carbocycles. The minimum atomic E-state index is -0.609. The molecule has 0 unspecified atom stereocenters. The lowest BCUT2D eigenvalue weighted by molar-refractivity contribution is -0.130. The zero-order valence-electron chi connectivity index (χ0n) is 13.5. The number of hydrogen-bond donors (Lipinski definition) is 2. The van der Waals surface area contributed by atoms with Crippen LogP contribution in [0.15, 0.2) is 40.4 Å². The lowest BCUT2D eigenvalue weighted by Gasteiger charge is -2.16. The molecule has 1 aliphatic heterocycles. The van der Waals surface area contributed by atoms with E-state index in [1.807, 2.05) is 0 Å². The van der Waals surface area contributed by atoms with Crippen LogP contribution >= 0.6 is 0 Å². The second-order valence-electron chi connectivity index (χ2n) is 6.08. The van der Waals surface area contributed by atoms with Crippen LogP contribution in [-0.2, 0) is 17.8 Å². The third kappa shape index (κ3) is 4.18. The lowest BCUT2D eigenvalue weighted by atomic mass is 10.0. The number of aliphatic hydroxyl groups excluding tert-OH is 1. The van der Waals surface area contributed by atoms with Gasteiger partial charge in [-0.05, 0) is 6.42 Å². The fourth-order valence-corrected chi connectivity index (χ4v) is 2.96. The summed E-state index contributed by atoms with van der Waals surface area (Å²) in [6.45, 7) is 0.886. The summed E-state index contributed by atoms with van der Waals surface area (Å²) >= 11 is 0. The number of carbonyl (C=O) groups is 1. The summed E-state index contributed by atoms with van der Waals surface area (Å²) in [5.74, 6) is -0.227. The van der Waals surface area contributed by atoms with Crippen LogP contribution in [0.3, 0.4) is 0 Å². The van der Waals surface area contributed by atoms with Gasteiger partial charge in [-0.25, -0.2) is 4.79 Å². The van der Waals surface area contributed by atoms with Gasteiger partial charge < -0.3 is 14.6 Å². The van der Waals surface area contributed by atoms with Crippen molar-refractivity contribution >= 4 is 5.91 Å². The molecule has 0 bridgehead atoms. The molecular formula is C16H19N5O4. The van der Waals surface area contributed by atoms with Crippen LogP contribution in [0, 0.1) is 5.92 Å². The van der Waals surface area contributed by atoms with Crippen LogP contribution in [0.25, 0.3) is 0 Å². The molecule has 3 rings (SSSR count). The molecule has 1 aliphatic rings. The minimum absolute atomic E-state index is 0.0866. The summed E-state index contributed by atoms with van der Waals surface area (Å²) in [6.07, 6.45) is 6.27. The Kier molecular flexibility index (Phi) is 5.03. The zero-order valence-corrected chi connectivity index (χ0v) is 13.5. The van der Waals surface area contributed by atoms with E-state index in [0.717, 1.165) is 5.69 Å². The highest BCUT2D eigenvalue weighted by atomic mass is 16.3. The first-order valence-corrected chi connectivity index (χ1v) is 8.03. The number of H-pyrrole nitrogens is 1. The number of likely N-dealkylation sites (tertiary alicyclic amines) is 1. The molecule has 9 nitrogen and oxygen atoms in total. The second kappa shape index (κ2) is 7.39. The van der Waals surface area contributed by atoms with Crippen LogP contribution in [0.4, 0.5) is 0 Å². The van der Waals surface area contributed by atoms with Crippen molar-refractivity contribution in [1.29, 1.82) is 0 Å². The molecule has 3 heterocycles. The van der Waals surface area contributed by atoms with E-state index >= 15 is 0 Å². The predicted molar refractivity (Wildman–Crippen MR) is 87.8 cm³/mol. The number of aryl methyl sites for hydroxylation is 1. The quantitative estimate of drug-likeness (QED) is 0.700. The number of aromatic nitrogens is 4. The summed E-state index contributed by atoms with van der Waals surface area (Å²) in [6, 6.07) is 1.24. The van der Waals surface area contributed by atoms with E-state index < -0.39 is 17.4 Å². The van der Waals surface area contributed by atoms with Crippen LogP contribution in [-0.4, -0.2) is 54.6 Å². The van der Waals surface area contributed by atoms with Gasteiger partial charge in [0.05, 0.1) is 11.8 Å². The standard InChI is InChI=1S/C16H19N5O4/c22-13-10-21(9-11(13)7-12-8-17-3-4-18-12)15(24)2-6-20-5-1-14(23)19-16(20)25/h1,3-5,8,11,13,22H,2,6-7,9-10H2,(H,19,23,25)/t11-,13-/m1/s1. The topological polar surface area (TPSA) is 121 Å². The fraction of sp³-hybridized carbons (Fsp3) is 0.438. The molecule has 1 saturated heterocycles. The van der Waals surface area contributed by atoms with Gasteiger partial charge >= 0.3 is 5.69 Å². The van der Waals surface area contributed by atoms with Gasteiger partial charge in [0.25, 0.3) is 5.56 Å². The molecule has 0 aliphatic carbocycles. The molecule has 132 valence electrons. The molecule has 9 heteroatoms. The molecule has 2 aromatic rings. The number of β-amino-alcohol motifs (C(OH)–C–C–N with tert-alkyl or cyclic N) is 1. The molecule has 2 atom stereocenters. The van der Waals surface area contributed by atoms with Gasteiger partial charge in [-0.1, -0.05) is 0 Å². The van der Waals surface area contributed by atoms with Crippen LogP contribution in [0.1, 0.15) is 12.1 Å². The van der Waals surface area contributed by atoms with Crippen LogP contribution in [0.5, 0.6) is 0 Å². The van der Waals surface area contributed by atoms with Gasteiger partial charge in [0.1, 0.15) is 0 Å². The Morgan fingerprint density at radius 2 is 2.16 bits per heavy atom. The van der Waals surface area contributed by atoms with Crippen LogP contribution < -0.4 is 11.2 Å². The molecule has 0 radical (unpaired) electrons. The Bertz CT molecular complexity index is 847. The van der Waals surface area contributed by atoms with Crippen molar-refractivity contribution in [3.8, 4) is 0 Å². The van der Waals surface area contributed by atoms with E-state index in [1.54, 1.807) is 23.5 Å².